The van der Waals surface area contributed by atoms with Crippen molar-refractivity contribution in [3.63, 3.8) is 0 Å². The molecule has 1 fully saturated rings. The van der Waals surface area contributed by atoms with Gasteiger partial charge >= 0.3 is 0 Å². The number of piperidine rings is 1. The Kier molecular flexibility index (Phi) is 5.30. The molecule has 5 nitrogen and oxygen atoms in total. The topological polar surface area (TPSA) is 61.0 Å². The van der Waals surface area contributed by atoms with Crippen LogP contribution in [0.2, 0.25) is 5.02 Å². The SMILES string of the molecule is O=C(NCCc1ccccc1Cl)[C@@H]1CCCN(c2nc3ccccc3[nH]2)C1. The summed E-state index contributed by atoms with van der Waals surface area (Å²) in [5.41, 5.74) is 3.05. The summed E-state index contributed by atoms with van der Waals surface area (Å²) in [5, 5.41) is 3.82. The largest absolute Gasteiger partial charge is 0.355 e. The molecule has 0 aliphatic carbocycles. The summed E-state index contributed by atoms with van der Waals surface area (Å²) in [6.07, 6.45) is 2.64. The van der Waals surface area contributed by atoms with Crippen molar-refractivity contribution in [2.45, 2.75) is 19.3 Å². The number of carbonyl (C=O) groups is 1. The number of rotatable bonds is 5. The molecule has 1 saturated heterocycles. The van der Waals surface area contributed by atoms with Crippen molar-refractivity contribution in [3.8, 4) is 0 Å². The molecule has 4 rings (SSSR count). The van der Waals surface area contributed by atoms with Crippen molar-refractivity contribution in [1.82, 2.24) is 15.3 Å². The van der Waals surface area contributed by atoms with Crippen LogP contribution in [0, 0.1) is 5.92 Å². The molecule has 1 atom stereocenters. The molecule has 2 aromatic carbocycles. The highest BCUT2D eigenvalue weighted by atomic mass is 35.5. The van der Waals surface area contributed by atoms with Gasteiger partial charge in [0.15, 0.2) is 0 Å². The van der Waals surface area contributed by atoms with E-state index in [2.05, 4.69) is 20.2 Å². The highest BCUT2D eigenvalue weighted by Crippen LogP contribution is 2.23. The second-order valence-electron chi connectivity index (χ2n) is 7.00. The van der Waals surface area contributed by atoms with E-state index in [0.29, 0.717) is 13.1 Å². The molecule has 1 aliphatic rings. The molecule has 6 heteroatoms. The summed E-state index contributed by atoms with van der Waals surface area (Å²) < 4.78 is 0. The Hall–Kier alpha value is -2.53. The second kappa shape index (κ2) is 8.01. The van der Waals surface area contributed by atoms with Crippen molar-refractivity contribution in [2.75, 3.05) is 24.5 Å². The number of hydrogen-bond donors (Lipinski definition) is 2. The van der Waals surface area contributed by atoms with E-state index in [9.17, 15) is 4.79 Å². The molecule has 2 heterocycles. The van der Waals surface area contributed by atoms with Crippen molar-refractivity contribution in [2.24, 2.45) is 5.92 Å². The Morgan fingerprint density at radius 3 is 2.89 bits per heavy atom. The average molecular weight is 383 g/mol. The zero-order valence-corrected chi connectivity index (χ0v) is 15.9. The Bertz CT molecular complexity index is 906. The van der Waals surface area contributed by atoms with Gasteiger partial charge in [-0.1, -0.05) is 41.9 Å². The van der Waals surface area contributed by atoms with Gasteiger partial charge in [-0.25, -0.2) is 4.98 Å². The molecule has 27 heavy (non-hydrogen) atoms. The van der Waals surface area contributed by atoms with Crippen molar-refractivity contribution in [1.29, 1.82) is 0 Å². The highest BCUT2D eigenvalue weighted by Gasteiger charge is 2.27. The monoisotopic (exact) mass is 382 g/mol. The number of aromatic amines is 1. The van der Waals surface area contributed by atoms with Gasteiger partial charge in [-0.15, -0.1) is 0 Å². The lowest BCUT2D eigenvalue weighted by Gasteiger charge is -2.31. The van der Waals surface area contributed by atoms with Crippen LogP contribution in [0.5, 0.6) is 0 Å². The molecule has 1 aromatic heterocycles. The fourth-order valence-electron chi connectivity index (χ4n) is 3.64. The number of nitrogens with one attached hydrogen (secondary N) is 2. The van der Waals surface area contributed by atoms with Crippen molar-refractivity contribution < 1.29 is 4.79 Å². The number of nitrogens with zero attached hydrogens (tertiary/aromatic N) is 2. The lowest BCUT2D eigenvalue weighted by molar-refractivity contribution is -0.125. The van der Waals surface area contributed by atoms with Gasteiger partial charge in [-0.3, -0.25) is 4.79 Å². The first-order chi connectivity index (χ1) is 13.2. The van der Waals surface area contributed by atoms with Crippen LogP contribution >= 0.6 is 11.6 Å². The number of amides is 1. The third-order valence-corrected chi connectivity index (χ3v) is 5.49. The summed E-state index contributed by atoms with van der Waals surface area (Å²) >= 11 is 6.18. The second-order valence-corrected chi connectivity index (χ2v) is 7.40. The number of fused-ring (bicyclic) bond motifs is 1. The minimum atomic E-state index is -0.0155. The smallest absolute Gasteiger partial charge is 0.224 e. The van der Waals surface area contributed by atoms with Crippen LogP contribution in [0.15, 0.2) is 48.5 Å². The number of halogens is 1. The zero-order chi connectivity index (χ0) is 18.6. The number of benzene rings is 2. The summed E-state index contributed by atoms with van der Waals surface area (Å²) in [7, 11) is 0. The van der Waals surface area contributed by atoms with Gasteiger partial charge in [0.2, 0.25) is 11.9 Å². The number of imidazole rings is 1. The van der Waals surface area contributed by atoms with Gasteiger partial charge in [-0.2, -0.15) is 0 Å². The Balaban J connectivity index is 1.34. The maximum Gasteiger partial charge on any atom is 0.224 e. The Morgan fingerprint density at radius 2 is 2.04 bits per heavy atom. The molecule has 0 unspecified atom stereocenters. The predicted molar refractivity (Wildman–Crippen MR) is 109 cm³/mol. The summed E-state index contributed by atoms with van der Waals surface area (Å²) in [4.78, 5) is 22.8. The Labute approximate surface area is 163 Å². The molecular weight excluding hydrogens is 360 g/mol. The van der Waals surface area contributed by atoms with Gasteiger partial charge in [0.1, 0.15) is 0 Å². The number of H-pyrrole nitrogens is 1. The normalized spacial score (nSPS) is 17.2. The van der Waals surface area contributed by atoms with Gasteiger partial charge in [0.25, 0.3) is 0 Å². The quantitative estimate of drug-likeness (QED) is 0.705. The van der Waals surface area contributed by atoms with E-state index < -0.39 is 0 Å². The van der Waals surface area contributed by atoms with Gasteiger partial charge in [-0.05, 0) is 43.0 Å². The van der Waals surface area contributed by atoms with Crippen molar-refractivity contribution >= 4 is 34.5 Å². The van der Waals surface area contributed by atoms with Crippen LogP contribution in [0.4, 0.5) is 5.95 Å². The predicted octanol–water partition coefficient (Wildman–Crippen LogP) is 3.79. The van der Waals surface area contributed by atoms with Crippen LogP contribution in [-0.4, -0.2) is 35.5 Å². The molecule has 0 radical (unpaired) electrons. The first-order valence-electron chi connectivity index (χ1n) is 9.41. The molecule has 0 saturated carbocycles. The van der Waals surface area contributed by atoms with Crippen LogP contribution in [0.3, 0.4) is 0 Å². The molecule has 1 amide bonds. The summed E-state index contributed by atoms with van der Waals surface area (Å²) in [6.45, 7) is 2.21. The molecular formula is C21H23ClN4O. The molecule has 0 spiro atoms. The number of aromatic nitrogens is 2. The number of anilines is 1. The fraction of sp³-hybridized carbons (Fsp3) is 0.333. The van der Waals surface area contributed by atoms with E-state index in [1.807, 2.05) is 48.5 Å². The molecule has 2 N–H and O–H groups in total. The maximum absolute atomic E-state index is 12.6. The van der Waals surface area contributed by atoms with Crippen LogP contribution in [-0.2, 0) is 11.2 Å². The van der Waals surface area contributed by atoms with Crippen LogP contribution in [0.25, 0.3) is 11.0 Å². The van der Waals surface area contributed by atoms with E-state index in [0.717, 1.165) is 53.4 Å². The van der Waals surface area contributed by atoms with Crippen molar-refractivity contribution in [3.05, 3.63) is 59.1 Å². The van der Waals surface area contributed by atoms with Crippen LogP contribution in [0.1, 0.15) is 18.4 Å². The van der Waals surface area contributed by atoms with Gasteiger partial charge in [0.05, 0.1) is 17.0 Å². The average Bonchev–Trinajstić information content (AvgIpc) is 3.14. The molecule has 3 aromatic rings. The van der Waals surface area contributed by atoms with E-state index in [1.165, 1.54) is 0 Å². The maximum atomic E-state index is 12.6. The molecule has 1 aliphatic heterocycles. The lowest BCUT2D eigenvalue weighted by atomic mass is 9.97. The van der Waals surface area contributed by atoms with Crippen LogP contribution < -0.4 is 10.2 Å². The molecule has 140 valence electrons. The third-order valence-electron chi connectivity index (χ3n) is 5.12. The van der Waals surface area contributed by atoms with E-state index in [-0.39, 0.29) is 11.8 Å². The first-order valence-corrected chi connectivity index (χ1v) is 9.79. The number of para-hydroxylation sites is 2. The fourth-order valence-corrected chi connectivity index (χ4v) is 3.87. The van der Waals surface area contributed by atoms with E-state index in [1.54, 1.807) is 0 Å². The number of hydrogen-bond acceptors (Lipinski definition) is 3. The van der Waals surface area contributed by atoms with Gasteiger partial charge in [0, 0.05) is 24.7 Å². The first kappa shape index (κ1) is 17.9. The minimum absolute atomic E-state index is 0.0155. The summed E-state index contributed by atoms with van der Waals surface area (Å²) in [6, 6.07) is 15.8. The lowest BCUT2D eigenvalue weighted by Crippen LogP contribution is -2.43. The zero-order valence-electron chi connectivity index (χ0n) is 15.1. The standard InChI is InChI=1S/C21H23ClN4O/c22-17-8-2-1-6-15(17)11-12-23-20(27)16-7-5-13-26(14-16)21-24-18-9-3-4-10-19(18)25-21/h1-4,6,8-10,16H,5,7,11-14H2,(H,23,27)(H,24,25)/t16-/m1/s1. The highest BCUT2D eigenvalue weighted by molar-refractivity contribution is 6.31. The number of carbonyl (C=O) groups excluding carboxylic acids is 1. The third kappa shape index (κ3) is 4.08. The van der Waals surface area contributed by atoms with E-state index >= 15 is 0 Å². The minimum Gasteiger partial charge on any atom is -0.355 e. The van der Waals surface area contributed by atoms with Gasteiger partial charge < -0.3 is 15.2 Å². The Morgan fingerprint density at radius 1 is 1.22 bits per heavy atom. The summed E-state index contributed by atoms with van der Waals surface area (Å²) in [5.74, 6) is 0.950. The molecule has 0 bridgehead atoms. The van der Waals surface area contributed by atoms with E-state index in [4.69, 9.17) is 11.6 Å².